The van der Waals surface area contributed by atoms with Gasteiger partial charge in [-0.15, -0.1) is 0 Å². The molecule has 0 unspecified atom stereocenters. The third-order valence-electron chi connectivity index (χ3n) is 3.72. The summed E-state index contributed by atoms with van der Waals surface area (Å²) in [7, 11) is 0. The van der Waals surface area contributed by atoms with Gasteiger partial charge in [-0.1, -0.05) is 25.4 Å². The number of carbonyl (C=O) groups excluding carboxylic acids is 1. The minimum atomic E-state index is -0.0303. The van der Waals surface area contributed by atoms with E-state index in [4.69, 9.17) is 11.6 Å². The van der Waals surface area contributed by atoms with Gasteiger partial charge in [0.2, 0.25) is 0 Å². The highest BCUT2D eigenvalue weighted by molar-refractivity contribution is 9.10. The molecule has 1 aromatic heterocycles. The summed E-state index contributed by atoms with van der Waals surface area (Å²) in [5.74, 6) is 0.688. The maximum absolute atomic E-state index is 12.5. The number of hydrogen-bond acceptors (Lipinski definition) is 3. The number of aromatic nitrogens is 1. The predicted octanol–water partition coefficient (Wildman–Crippen LogP) is 3.30. The quantitative estimate of drug-likeness (QED) is 0.759. The van der Waals surface area contributed by atoms with Gasteiger partial charge in [0.15, 0.2) is 0 Å². The van der Waals surface area contributed by atoms with E-state index in [2.05, 4.69) is 39.7 Å². The van der Waals surface area contributed by atoms with Gasteiger partial charge in [-0.2, -0.15) is 0 Å². The standard InChI is InChI=1S/C15H21BrClN3O/c1-11(2)3-4-19-5-7-20(8-6-19)15(21)13-9-12(16)10-18-14(13)17/h9-11H,3-8H2,1-2H3. The zero-order chi connectivity index (χ0) is 15.4. The third kappa shape index (κ3) is 4.66. The Kier molecular flexibility index (Phi) is 6.02. The third-order valence-corrected chi connectivity index (χ3v) is 4.45. The van der Waals surface area contributed by atoms with Gasteiger partial charge in [-0.05, 0) is 40.9 Å². The molecule has 0 atom stereocenters. The summed E-state index contributed by atoms with van der Waals surface area (Å²) in [6.07, 6.45) is 2.80. The molecule has 21 heavy (non-hydrogen) atoms. The van der Waals surface area contributed by atoms with Gasteiger partial charge in [-0.3, -0.25) is 9.69 Å². The zero-order valence-electron chi connectivity index (χ0n) is 12.5. The van der Waals surface area contributed by atoms with Gasteiger partial charge < -0.3 is 4.90 Å². The van der Waals surface area contributed by atoms with Crippen molar-refractivity contribution in [3.63, 3.8) is 0 Å². The summed E-state index contributed by atoms with van der Waals surface area (Å²) in [6, 6.07) is 1.74. The van der Waals surface area contributed by atoms with Crippen LogP contribution in [-0.4, -0.2) is 53.4 Å². The fourth-order valence-corrected chi connectivity index (χ4v) is 2.87. The van der Waals surface area contributed by atoms with Crippen molar-refractivity contribution in [2.45, 2.75) is 20.3 Å². The molecule has 1 fully saturated rings. The fourth-order valence-electron chi connectivity index (χ4n) is 2.36. The summed E-state index contributed by atoms with van der Waals surface area (Å²) in [6.45, 7) is 8.94. The Balaban J connectivity index is 1.92. The van der Waals surface area contributed by atoms with Gasteiger partial charge in [0.1, 0.15) is 5.15 Å². The molecule has 6 heteroatoms. The smallest absolute Gasteiger partial charge is 0.257 e. The van der Waals surface area contributed by atoms with Crippen LogP contribution in [0.15, 0.2) is 16.7 Å². The summed E-state index contributed by atoms with van der Waals surface area (Å²) >= 11 is 9.37. The molecular weight excluding hydrogens is 354 g/mol. The van der Waals surface area contributed by atoms with Gasteiger partial charge in [0, 0.05) is 36.8 Å². The first-order valence-corrected chi connectivity index (χ1v) is 8.47. The molecule has 0 saturated carbocycles. The van der Waals surface area contributed by atoms with Crippen molar-refractivity contribution in [1.29, 1.82) is 0 Å². The van der Waals surface area contributed by atoms with E-state index in [0.29, 0.717) is 5.56 Å². The number of amides is 1. The predicted molar refractivity (Wildman–Crippen MR) is 88.7 cm³/mol. The Morgan fingerprint density at radius 3 is 2.67 bits per heavy atom. The maximum Gasteiger partial charge on any atom is 0.257 e. The second kappa shape index (κ2) is 7.56. The van der Waals surface area contributed by atoms with Crippen LogP contribution < -0.4 is 0 Å². The lowest BCUT2D eigenvalue weighted by atomic mass is 10.1. The minimum Gasteiger partial charge on any atom is -0.336 e. The van der Waals surface area contributed by atoms with E-state index in [1.807, 2.05) is 4.90 Å². The zero-order valence-corrected chi connectivity index (χ0v) is 14.8. The van der Waals surface area contributed by atoms with E-state index in [-0.39, 0.29) is 11.1 Å². The van der Waals surface area contributed by atoms with E-state index in [1.165, 1.54) is 6.42 Å². The van der Waals surface area contributed by atoms with E-state index < -0.39 is 0 Å². The van der Waals surface area contributed by atoms with Crippen LogP contribution in [0.2, 0.25) is 5.15 Å². The number of carbonyl (C=O) groups is 1. The summed E-state index contributed by atoms with van der Waals surface area (Å²) < 4.78 is 0.769. The molecular formula is C15H21BrClN3O. The van der Waals surface area contributed by atoms with E-state index in [0.717, 1.165) is 43.1 Å². The Hall–Kier alpha value is -0.650. The van der Waals surface area contributed by atoms with Crippen LogP contribution in [0.3, 0.4) is 0 Å². The number of piperazine rings is 1. The van der Waals surface area contributed by atoms with Crippen molar-refractivity contribution in [2.75, 3.05) is 32.7 Å². The lowest BCUT2D eigenvalue weighted by Gasteiger charge is -2.35. The second-order valence-electron chi connectivity index (χ2n) is 5.81. The fraction of sp³-hybridized carbons (Fsp3) is 0.600. The van der Waals surface area contributed by atoms with Gasteiger partial charge >= 0.3 is 0 Å². The van der Waals surface area contributed by atoms with Crippen LogP contribution in [-0.2, 0) is 0 Å². The van der Waals surface area contributed by atoms with Crippen molar-refractivity contribution in [3.05, 3.63) is 27.5 Å². The largest absolute Gasteiger partial charge is 0.336 e. The van der Waals surface area contributed by atoms with Crippen LogP contribution in [0.1, 0.15) is 30.6 Å². The first-order chi connectivity index (χ1) is 9.97. The van der Waals surface area contributed by atoms with Crippen LogP contribution in [0.5, 0.6) is 0 Å². The van der Waals surface area contributed by atoms with Crippen molar-refractivity contribution in [3.8, 4) is 0 Å². The second-order valence-corrected chi connectivity index (χ2v) is 7.08. The van der Waals surface area contributed by atoms with Crippen molar-refractivity contribution in [2.24, 2.45) is 5.92 Å². The van der Waals surface area contributed by atoms with E-state index in [9.17, 15) is 4.79 Å². The summed E-state index contributed by atoms with van der Waals surface area (Å²) in [4.78, 5) is 20.8. The van der Waals surface area contributed by atoms with Crippen LogP contribution in [0.4, 0.5) is 0 Å². The summed E-state index contributed by atoms with van der Waals surface area (Å²) in [5.41, 5.74) is 0.474. The van der Waals surface area contributed by atoms with E-state index >= 15 is 0 Å². The monoisotopic (exact) mass is 373 g/mol. The Morgan fingerprint density at radius 1 is 1.38 bits per heavy atom. The van der Waals surface area contributed by atoms with Gasteiger partial charge in [-0.25, -0.2) is 4.98 Å². The molecule has 2 heterocycles. The molecule has 0 N–H and O–H groups in total. The van der Waals surface area contributed by atoms with Crippen LogP contribution in [0, 0.1) is 5.92 Å². The van der Waals surface area contributed by atoms with Crippen molar-refractivity contribution < 1.29 is 4.79 Å². The van der Waals surface area contributed by atoms with Gasteiger partial charge in [0.05, 0.1) is 5.56 Å². The summed E-state index contributed by atoms with van der Waals surface area (Å²) in [5, 5.41) is 0.269. The highest BCUT2D eigenvalue weighted by Crippen LogP contribution is 2.20. The first-order valence-electron chi connectivity index (χ1n) is 7.30. The molecule has 1 aromatic rings. The average molecular weight is 375 g/mol. The number of nitrogens with zero attached hydrogens (tertiary/aromatic N) is 3. The molecule has 0 aromatic carbocycles. The molecule has 116 valence electrons. The molecule has 0 spiro atoms. The molecule has 1 aliphatic rings. The molecule has 4 nitrogen and oxygen atoms in total. The minimum absolute atomic E-state index is 0.0303. The lowest BCUT2D eigenvalue weighted by Crippen LogP contribution is -2.49. The van der Waals surface area contributed by atoms with Crippen LogP contribution in [0.25, 0.3) is 0 Å². The topological polar surface area (TPSA) is 36.4 Å². The number of pyridine rings is 1. The number of hydrogen-bond donors (Lipinski definition) is 0. The lowest BCUT2D eigenvalue weighted by molar-refractivity contribution is 0.0631. The Labute approximate surface area is 139 Å². The molecule has 2 rings (SSSR count). The van der Waals surface area contributed by atoms with Crippen molar-refractivity contribution >= 4 is 33.4 Å². The van der Waals surface area contributed by atoms with Gasteiger partial charge in [0.25, 0.3) is 5.91 Å². The van der Waals surface area contributed by atoms with E-state index in [1.54, 1.807) is 12.3 Å². The highest BCUT2D eigenvalue weighted by Gasteiger charge is 2.24. The first kappa shape index (κ1) is 16.7. The normalized spacial score (nSPS) is 16.5. The number of halogens is 2. The van der Waals surface area contributed by atoms with Crippen molar-refractivity contribution in [1.82, 2.24) is 14.8 Å². The van der Waals surface area contributed by atoms with Crippen LogP contribution >= 0.6 is 27.5 Å². The number of rotatable bonds is 4. The highest BCUT2D eigenvalue weighted by atomic mass is 79.9. The maximum atomic E-state index is 12.5. The SMILES string of the molecule is CC(C)CCN1CCN(C(=O)c2cc(Br)cnc2Cl)CC1. The molecule has 1 saturated heterocycles. The Morgan fingerprint density at radius 2 is 2.05 bits per heavy atom. The Bertz CT molecular complexity index is 502. The molecule has 0 radical (unpaired) electrons. The molecule has 1 amide bonds. The molecule has 0 aliphatic carbocycles. The molecule has 0 bridgehead atoms. The molecule has 1 aliphatic heterocycles. The average Bonchev–Trinajstić information content (AvgIpc) is 2.47.